The van der Waals surface area contributed by atoms with Crippen LogP contribution in [0, 0.1) is 30.6 Å². The van der Waals surface area contributed by atoms with E-state index in [1.54, 1.807) is 52.0 Å². The molecule has 1 aliphatic carbocycles. The van der Waals surface area contributed by atoms with Crippen LogP contribution in [0.15, 0.2) is 108 Å². The molecule has 0 aromatic heterocycles. The minimum absolute atomic E-state index is 0.0184. The number of phenols is 1. The molecule has 64 heavy (non-hydrogen) atoms. The fourth-order valence-electron chi connectivity index (χ4n) is 8.41. The van der Waals surface area contributed by atoms with Crippen molar-refractivity contribution in [3.8, 4) is 22.6 Å². The number of hydrogen-bond donors (Lipinski definition) is 6. The Morgan fingerprint density at radius 3 is 2.16 bits per heavy atom. The van der Waals surface area contributed by atoms with E-state index >= 15 is 0 Å². The molecule has 0 radical (unpaired) electrons. The van der Waals surface area contributed by atoms with Gasteiger partial charge >= 0.3 is 11.8 Å². The number of nitrogens with one attached hydrogen (secondary N) is 2. The maximum absolute atomic E-state index is 14.8. The van der Waals surface area contributed by atoms with Crippen molar-refractivity contribution in [1.82, 2.24) is 5.32 Å². The summed E-state index contributed by atoms with van der Waals surface area (Å²) in [6.45, 7) is 12.4. The number of aromatic hydroxyl groups is 1. The van der Waals surface area contributed by atoms with Crippen LogP contribution >= 0.6 is 0 Å². The van der Waals surface area contributed by atoms with Gasteiger partial charge in [0.25, 0.3) is 11.7 Å². The van der Waals surface area contributed by atoms with E-state index in [1.165, 1.54) is 59.4 Å². The molecule has 3 aliphatic heterocycles. The van der Waals surface area contributed by atoms with Crippen LogP contribution in [-0.4, -0.2) is 81.2 Å². The third-order valence-corrected chi connectivity index (χ3v) is 12.4. The predicted octanol–water partition coefficient (Wildman–Crippen LogP) is 7.45. The molecule has 7 rings (SSSR count). The average molecular weight is 877 g/mol. The largest absolute Gasteiger partial charge is 0.507 e. The van der Waals surface area contributed by atoms with Crippen molar-refractivity contribution in [2.75, 3.05) is 12.4 Å². The average Bonchev–Trinajstić information content (AvgIpc) is 3.54. The molecule has 0 spiro atoms. The minimum Gasteiger partial charge on any atom is -0.507 e. The third-order valence-electron chi connectivity index (χ3n) is 12.4. The number of anilines is 1. The van der Waals surface area contributed by atoms with Gasteiger partial charge in [-0.2, -0.15) is 0 Å². The van der Waals surface area contributed by atoms with Gasteiger partial charge in [-0.25, -0.2) is 0 Å². The van der Waals surface area contributed by atoms with Gasteiger partial charge in [0.2, 0.25) is 0 Å². The molecule has 14 nitrogen and oxygen atoms in total. The van der Waals surface area contributed by atoms with E-state index in [0.29, 0.717) is 5.69 Å². The molecular formula is C50H56N2O12. The highest BCUT2D eigenvalue weighted by Crippen LogP contribution is 2.50. The smallest absolute Gasteiger partial charge is 0.312 e. The second-order valence-corrected chi connectivity index (χ2v) is 16.8. The molecule has 0 saturated heterocycles. The summed E-state index contributed by atoms with van der Waals surface area (Å²) in [7, 11) is 1.43. The number of methoxy groups -OCH3 is 1. The van der Waals surface area contributed by atoms with Gasteiger partial charge in [0.05, 0.1) is 52.5 Å². The zero-order valence-electron chi connectivity index (χ0n) is 37.3. The Morgan fingerprint density at radius 2 is 1.52 bits per heavy atom. The van der Waals surface area contributed by atoms with Crippen molar-refractivity contribution < 1.29 is 58.6 Å². The predicted molar refractivity (Wildman–Crippen MR) is 240 cm³/mol. The molecule has 9 atom stereocenters. The number of allylic oxidation sites excluding steroid dienone is 3. The molecule has 14 heteroatoms. The molecule has 0 saturated carbocycles. The van der Waals surface area contributed by atoms with Gasteiger partial charge in [-0.1, -0.05) is 88.4 Å². The topological polar surface area (TPSA) is 210 Å². The summed E-state index contributed by atoms with van der Waals surface area (Å²) < 4.78 is 23.6. The lowest BCUT2D eigenvalue weighted by molar-refractivity contribution is -0.160. The zero-order chi connectivity index (χ0) is 46.8. The monoisotopic (exact) mass is 876 g/mol. The quantitative estimate of drug-likeness (QED) is 0.109. The molecule has 9 unspecified atom stereocenters. The second-order valence-electron chi connectivity index (χ2n) is 16.8. The lowest BCUT2D eigenvalue weighted by Crippen LogP contribution is -2.46. The summed E-state index contributed by atoms with van der Waals surface area (Å²) in [6.07, 6.45) is 4.73. The van der Waals surface area contributed by atoms with E-state index in [9.17, 15) is 39.6 Å². The lowest BCUT2D eigenvalue weighted by atomic mass is 9.78. The highest BCUT2D eigenvalue weighted by molar-refractivity contribution is 6.26. The number of benzene rings is 3. The number of hydrogen-bond acceptors (Lipinski definition) is 13. The number of carbonyl (C=O) groups excluding carboxylic acids is 4. The number of esters is 1. The summed E-state index contributed by atoms with van der Waals surface area (Å²) in [5, 5.41) is 52.3. The van der Waals surface area contributed by atoms with E-state index in [0.717, 1.165) is 11.1 Å². The normalized spacial score (nSPS) is 28.3. The number of carbonyl (C=O) groups is 4. The van der Waals surface area contributed by atoms with Gasteiger partial charge in [0.15, 0.2) is 11.5 Å². The van der Waals surface area contributed by atoms with Gasteiger partial charge in [0.1, 0.15) is 17.6 Å². The van der Waals surface area contributed by atoms with Crippen LogP contribution in [0.3, 0.4) is 0 Å². The first kappa shape index (κ1) is 47.0. The van der Waals surface area contributed by atoms with Crippen molar-refractivity contribution in [1.29, 1.82) is 0 Å². The Hall–Kier alpha value is -6.48. The first-order valence-electron chi connectivity index (χ1n) is 21.1. The Morgan fingerprint density at radius 1 is 0.859 bits per heavy atom. The second kappa shape index (κ2) is 19.1. The highest BCUT2D eigenvalue weighted by Gasteiger charge is 2.52. The standard InChI is InChI=1S/C50H56N2O12/c1-25-14-13-15-26(2)49(60)52-40-35(24-51-34-20-18-33(19-21-34)32-16-11-10-12-17-32)44(57)37-38(45(40)58)43(56)30(6)47-39(37)48(59)50(8,64-47)62-23-22-36(61-9)27(3)46(63-31(7)53)29(5)42(55)28(4)41(25)54/h10-25,27-29,36,41-42,46,51,54-56,58H,1-9H3,(H,52,60). The van der Waals surface area contributed by atoms with E-state index in [1.807, 2.05) is 42.5 Å². The fraction of sp³-hybridized carbons (Fsp3) is 0.360. The number of rotatable bonds is 5. The van der Waals surface area contributed by atoms with Gasteiger partial charge < -0.3 is 50.0 Å². The number of phenolic OH excluding ortho intramolecular Hbond substituents is 1. The SMILES string of the molecule is COC1C=COC2(C)Oc3c(C)c(O)c4c(c3C2=O)C(=O)C(=CNc2ccc(-c3ccccc3)cc2)C(=C4O)NC(=O)C(C)=CC=CC(C)C(O)C(C)C(O)C(C)C(OC(C)=O)C1C. The summed E-state index contributed by atoms with van der Waals surface area (Å²) >= 11 is 0. The summed E-state index contributed by atoms with van der Waals surface area (Å²) in [5.74, 6) is -8.97. The van der Waals surface area contributed by atoms with Crippen molar-refractivity contribution in [3.63, 3.8) is 0 Å². The molecule has 5 bridgehead atoms. The Labute approximate surface area is 372 Å². The molecule has 3 aromatic rings. The number of amides is 1. The van der Waals surface area contributed by atoms with Crippen molar-refractivity contribution in [3.05, 3.63) is 130 Å². The van der Waals surface area contributed by atoms with Gasteiger partial charge in [-0.05, 0) is 43.2 Å². The number of Topliss-reactive ketones (excluding diaryl/α,β-unsaturated/α-hetero) is 2. The third kappa shape index (κ3) is 9.12. The zero-order valence-corrected chi connectivity index (χ0v) is 37.3. The summed E-state index contributed by atoms with van der Waals surface area (Å²) in [4.78, 5) is 55.6. The summed E-state index contributed by atoms with van der Waals surface area (Å²) in [6, 6.07) is 17.1. The van der Waals surface area contributed by atoms with E-state index < -0.39 is 88.8 Å². The van der Waals surface area contributed by atoms with E-state index in [4.69, 9.17) is 18.9 Å². The molecule has 1 amide bonds. The Kier molecular flexibility index (Phi) is 14.0. The van der Waals surface area contributed by atoms with Crippen LogP contribution in [0.4, 0.5) is 5.69 Å². The summed E-state index contributed by atoms with van der Waals surface area (Å²) in [5.41, 5.74) is 1.07. The molecule has 6 N–H and O–H groups in total. The number of fused-ring (bicyclic) bond motifs is 14. The molecule has 338 valence electrons. The van der Waals surface area contributed by atoms with E-state index in [-0.39, 0.29) is 44.8 Å². The van der Waals surface area contributed by atoms with Gasteiger partial charge in [-0.15, -0.1) is 0 Å². The van der Waals surface area contributed by atoms with Crippen molar-refractivity contribution in [2.45, 2.75) is 85.6 Å². The number of aliphatic hydroxyl groups excluding tert-OH is 3. The van der Waals surface area contributed by atoms with Gasteiger partial charge in [-0.3, -0.25) is 19.2 Å². The lowest BCUT2D eigenvalue weighted by Gasteiger charge is -2.38. The maximum atomic E-state index is 14.8. The van der Waals surface area contributed by atoms with Crippen LogP contribution in [0.1, 0.15) is 80.3 Å². The number of ketones is 2. The van der Waals surface area contributed by atoms with Crippen LogP contribution in [0.25, 0.3) is 16.9 Å². The fourth-order valence-corrected chi connectivity index (χ4v) is 8.41. The molecule has 4 aliphatic rings. The Bertz CT molecular complexity index is 2470. The van der Waals surface area contributed by atoms with Crippen LogP contribution in [-0.2, 0) is 23.8 Å². The Balaban J connectivity index is 1.48. The van der Waals surface area contributed by atoms with Crippen LogP contribution in [0.5, 0.6) is 11.5 Å². The number of ether oxygens (including phenoxy) is 4. The molecular weight excluding hydrogens is 821 g/mol. The van der Waals surface area contributed by atoms with Crippen LogP contribution < -0.4 is 15.4 Å². The molecule has 3 heterocycles. The highest BCUT2D eigenvalue weighted by atomic mass is 16.7. The van der Waals surface area contributed by atoms with Crippen molar-refractivity contribution in [2.24, 2.45) is 23.7 Å². The van der Waals surface area contributed by atoms with Crippen molar-refractivity contribution >= 4 is 34.9 Å². The van der Waals surface area contributed by atoms with Crippen LogP contribution in [0.2, 0.25) is 0 Å². The molecule has 3 aromatic carbocycles. The van der Waals surface area contributed by atoms with E-state index in [2.05, 4.69) is 10.6 Å². The maximum Gasteiger partial charge on any atom is 0.312 e. The number of aliphatic hydroxyl groups is 3. The minimum atomic E-state index is -2.09. The van der Waals surface area contributed by atoms with Gasteiger partial charge in [0, 0.05) is 67.7 Å². The molecule has 0 fully saturated rings. The first-order valence-corrected chi connectivity index (χ1v) is 21.1. The first-order chi connectivity index (χ1) is 30.3.